The molecule has 0 spiro atoms. The number of hydrogen-bond donors (Lipinski definition) is 7. The topological polar surface area (TPSA) is 193 Å². The van der Waals surface area contributed by atoms with Gasteiger partial charge in [-0.3, -0.25) is 14.4 Å². The molecule has 0 rings (SSSR count). The standard InChI is InChI=1S/3C14H28O2.C5H12O4/c3*1-2-3-4-5-6-7-8-9-10-11-12-13-14(15)16;6-1-5(2-7,3-8)4-9/h3*2-13H2,1H3,(H,15,16);6-9H,1-4H2. The van der Waals surface area contributed by atoms with Gasteiger partial charge >= 0.3 is 17.9 Å². The second kappa shape index (κ2) is 54.2. The van der Waals surface area contributed by atoms with Gasteiger partial charge in [-0.15, -0.1) is 0 Å². The molecule has 0 heterocycles. The summed E-state index contributed by atoms with van der Waals surface area (Å²) in [5, 5.41) is 59.4. The van der Waals surface area contributed by atoms with E-state index in [1.807, 2.05) is 0 Å². The van der Waals surface area contributed by atoms with Gasteiger partial charge in [0.25, 0.3) is 0 Å². The predicted molar refractivity (Wildman–Crippen MR) is 237 cm³/mol. The molecule has 0 saturated carbocycles. The summed E-state index contributed by atoms with van der Waals surface area (Å²) in [5.74, 6) is -1.97. The van der Waals surface area contributed by atoms with Crippen LogP contribution in [-0.2, 0) is 14.4 Å². The van der Waals surface area contributed by atoms with Gasteiger partial charge in [-0.05, 0) is 19.3 Å². The molecule has 10 heteroatoms. The van der Waals surface area contributed by atoms with Crippen LogP contribution in [0.5, 0.6) is 0 Å². The van der Waals surface area contributed by atoms with E-state index in [9.17, 15) is 14.4 Å². The second-order valence-corrected chi connectivity index (χ2v) is 16.2. The molecule has 10 nitrogen and oxygen atoms in total. The summed E-state index contributed by atoms with van der Waals surface area (Å²) < 4.78 is 0. The van der Waals surface area contributed by atoms with Crippen molar-refractivity contribution in [1.82, 2.24) is 0 Å². The highest BCUT2D eigenvalue weighted by Crippen LogP contribution is 2.15. The average Bonchev–Trinajstić information content (AvgIpc) is 3.19. The largest absolute Gasteiger partial charge is 0.481 e. The quantitative estimate of drug-likeness (QED) is 0.0293. The van der Waals surface area contributed by atoms with Gasteiger partial charge in [-0.1, -0.05) is 213 Å². The fourth-order valence-electron chi connectivity index (χ4n) is 6.12. The Balaban J connectivity index is -0.000000335. The van der Waals surface area contributed by atoms with Crippen LogP contribution >= 0.6 is 0 Å². The summed E-state index contributed by atoms with van der Waals surface area (Å²) in [6, 6.07) is 0. The minimum Gasteiger partial charge on any atom is -0.481 e. The van der Waals surface area contributed by atoms with Crippen LogP contribution in [0.1, 0.15) is 252 Å². The molecule has 0 unspecified atom stereocenters. The molecule has 0 radical (unpaired) electrons. The molecule has 344 valence electrons. The van der Waals surface area contributed by atoms with Crippen LogP contribution in [0.15, 0.2) is 0 Å². The maximum atomic E-state index is 10.3. The molecule has 0 aliphatic heterocycles. The zero-order valence-electron chi connectivity index (χ0n) is 37.6. The first-order valence-corrected chi connectivity index (χ1v) is 23.6. The number of carboxylic acid groups (broad SMARTS) is 3. The summed E-state index contributed by atoms with van der Waals surface area (Å²) in [5.41, 5.74) is -1.11. The Labute approximate surface area is 351 Å². The van der Waals surface area contributed by atoms with E-state index in [-0.39, 0.29) is 0 Å². The van der Waals surface area contributed by atoms with Crippen LogP contribution in [0.2, 0.25) is 0 Å². The predicted octanol–water partition coefficient (Wildman–Crippen LogP) is 12.3. The number of hydrogen-bond acceptors (Lipinski definition) is 7. The van der Waals surface area contributed by atoms with E-state index in [1.54, 1.807) is 0 Å². The van der Waals surface area contributed by atoms with E-state index in [0.29, 0.717) is 19.3 Å². The first-order chi connectivity index (χ1) is 27.6. The van der Waals surface area contributed by atoms with E-state index in [0.717, 1.165) is 38.5 Å². The molecule has 0 aromatic heterocycles. The van der Waals surface area contributed by atoms with Gasteiger partial charge in [0.15, 0.2) is 0 Å². The third-order valence-corrected chi connectivity index (χ3v) is 10.3. The molecule has 0 amide bonds. The van der Waals surface area contributed by atoms with Crippen molar-refractivity contribution < 1.29 is 50.1 Å². The maximum absolute atomic E-state index is 10.3. The van der Waals surface area contributed by atoms with Gasteiger partial charge in [0, 0.05) is 19.3 Å². The number of aliphatic hydroxyl groups is 4. The molecule has 57 heavy (non-hydrogen) atoms. The maximum Gasteiger partial charge on any atom is 0.303 e. The van der Waals surface area contributed by atoms with Crippen LogP contribution in [0.25, 0.3) is 0 Å². The Bertz CT molecular complexity index is 685. The molecular formula is C47H96O10. The Kier molecular flexibility index (Phi) is 58.9. The van der Waals surface area contributed by atoms with Crippen molar-refractivity contribution in [3.63, 3.8) is 0 Å². The molecule has 0 fully saturated rings. The fraction of sp³-hybridized carbons (Fsp3) is 0.936. The van der Waals surface area contributed by atoms with E-state index < -0.39 is 49.8 Å². The minimum absolute atomic E-state index is 0.344. The zero-order valence-corrected chi connectivity index (χ0v) is 37.6. The smallest absolute Gasteiger partial charge is 0.303 e. The molecule has 0 saturated heterocycles. The van der Waals surface area contributed by atoms with Crippen LogP contribution in [0.4, 0.5) is 0 Å². The van der Waals surface area contributed by atoms with Gasteiger partial charge in [0.05, 0.1) is 31.8 Å². The summed E-state index contributed by atoms with van der Waals surface area (Å²) in [4.78, 5) is 30.8. The molecular weight excluding hydrogens is 725 g/mol. The Morgan fingerprint density at radius 3 is 0.526 bits per heavy atom. The molecule has 0 aromatic carbocycles. The molecule has 0 aliphatic carbocycles. The Morgan fingerprint density at radius 2 is 0.421 bits per heavy atom. The Morgan fingerprint density at radius 1 is 0.281 bits per heavy atom. The van der Waals surface area contributed by atoms with Crippen molar-refractivity contribution in [3.8, 4) is 0 Å². The van der Waals surface area contributed by atoms with Crippen LogP contribution in [0, 0.1) is 5.41 Å². The average molecular weight is 821 g/mol. The normalized spacial score (nSPS) is 10.8. The van der Waals surface area contributed by atoms with Gasteiger partial charge < -0.3 is 35.7 Å². The van der Waals surface area contributed by atoms with E-state index in [2.05, 4.69) is 20.8 Å². The van der Waals surface area contributed by atoms with Crippen molar-refractivity contribution in [2.75, 3.05) is 26.4 Å². The van der Waals surface area contributed by atoms with Gasteiger partial charge in [-0.2, -0.15) is 0 Å². The lowest BCUT2D eigenvalue weighted by molar-refractivity contribution is -0.138. The lowest BCUT2D eigenvalue weighted by atomic mass is 9.93. The molecule has 7 N–H and O–H groups in total. The number of rotatable bonds is 40. The monoisotopic (exact) mass is 821 g/mol. The minimum atomic E-state index is -1.11. The van der Waals surface area contributed by atoms with Gasteiger partial charge in [0.1, 0.15) is 0 Å². The first-order valence-electron chi connectivity index (χ1n) is 23.6. The highest BCUT2D eigenvalue weighted by atomic mass is 16.4. The van der Waals surface area contributed by atoms with Crippen molar-refractivity contribution >= 4 is 17.9 Å². The van der Waals surface area contributed by atoms with E-state index >= 15 is 0 Å². The second-order valence-electron chi connectivity index (χ2n) is 16.2. The SMILES string of the molecule is CCCCCCCCCCCCCC(=O)O.CCCCCCCCCCCCCC(=O)O.CCCCCCCCCCCCCC(=O)O.OCC(CO)(CO)CO. The van der Waals surface area contributed by atoms with Crippen molar-refractivity contribution in [3.05, 3.63) is 0 Å². The van der Waals surface area contributed by atoms with Crippen molar-refractivity contribution in [2.24, 2.45) is 5.41 Å². The summed E-state index contributed by atoms with van der Waals surface area (Å²) in [6.07, 6.45) is 43.1. The van der Waals surface area contributed by atoms with Gasteiger partial charge in [-0.25, -0.2) is 0 Å². The lowest BCUT2D eigenvalue weighted by Gasteiger charge is -2.23. The molecule has 0 bridgehead atoms. The summed E-state index contributed by atoms with van der Waals surface area (Å²) in [6.45, 7) is 5.12. The summed E-state index contributed by atoms with van der Waals surface area (Å²) >= 11 is 0. The van der Waals surface area contributed by atoms with Crippen LogP contribution in [0.3, 0.4) is 0 Å². The highest BCUT2D eigenvalue weighted by molar-refractivity contribution is 5.67. The highest BCUT2D eigenvalue weighted by Gasteiger charge is 2.26. The van der Waals surface area contributed by atoms with E-state index in [1.165, 1.54) is 173 Å². The fourth-order valence-corrected chi connectivity index (χ4v) is 6.12. The van der Waals surface area contributed by atoms with Crippen molar-refractivity contribution in [2.45, 2.75) is 252 Å². The number of carboxylic acids is 3. The van der Waals surface area contributed by atoms with Gasteiger partial charge in [0.2, 0.25) is 0 Å². The Hall–Kier alpha value is -1.75. The lowest BCUT2D eigenvalue weighted by Crippen LogP contribution is -2.37. The molecule has 0 aromatic rings. The first kappa shape index (κ1) is 61.9. The summed E-state index contributed by atoms with van der Waals surface area (Å²) in [7, 11) is 0. The number of unbranched alkanes of at least 4 members (excludes halogenated alkanes) is 30. The molecule has 0 aliphatic rings. The number of aliphatic carboxylic acids is 3. The number of carbonyl (C=O) groups is 3. The van der Waals surface area contributed by atoms with Crippen molar-refractivity contribution in [1.29, 1.82) is 0 Å². The third-order valence-electron chi connectivity index (χ3n) is 10.3. The number of aliphatic hydroxyl groups excluding tert-OH is 4. The van der Waals surface area contributed by atoms with Crippen LogP contribution < -0.4 is 0 Å². The van der Waals surface area contributed by atoms with Crippen LogP contribution in [-0.4, -0.2) is 80.1 Å². The van der Waals surface area contributed by atoms with E-state index in [4.69, 9.17) is 35.7 Å². The zero-order chi connectivity index (χ0) is 43.5. The molecule has 0 atom stereocenters. The third kappa shape index (κ3) is 61.1.